The van der Waals surface area contributed by atoms with E-state index in [0.29, 0.717) is 11.7 Å². The molecular weight excluding hydrogens is 136 g/mol. The summed E-state index contributed by atoms with van der Waals surface area (Å²) in [4.78, 5) is 11.0. The minimum Gasteiger partial charge on any atom is -0.300 e. The SMILES string of the molecule is C[C](C)CC1CCCC(=O)C1. The first-order chi connectivity index (χ1) is 5.18. The fourth-order valence-electron chi connectivity index (χ4n) is 1.87. The summed E-state index contributed by atoms with van der Waals surface area (Å²) in [6, 6.07) is 0. The van der Waals surface area contributed by atoms with Gasteiger partial charge in [-0.15, -0.1) is 0 Å². The first-order valence-corrected chi connectivity index (χ1v) is 4.49. The van der Waals surface area contributed by atoms with Crippen molar-refractivity contribution in [3.63, 3.8) is 0 Å². The molecule has 11 heavy (non-hydrogen) atoms. The summed E-state index contributed by atoms with van der Waals surface area (Å²) < 4.78 is 0. The Bertz CT molecular complexity index is 138. The summed E-state index contributed by atoms with van der Waals surface area (Å²) in [7, 11) is 0. The van der Waals surface area contributed by atoms with Crippen LogP contribution in [0.25, 0.3) is 0 Å². The van der Waals surface area contributed by atoms with Crippen LogP contribution < -0.4 is 0 Å². The molecule has 0 heterocycles. The lowest BCUT2D eigenvalue weighted by atomic mass is 9.83. The molecule has 1 atom stereocenters. The zero-order valence-electron chi connectivity index (χ0n) is 7.52. The van der Waals surface area contributed by atoms with E-state index in [1.165, 1.54) is 12.3 Å². The summed E-state index contributed by atoms with van der Waals surface area (Å²) in [5.74, 6) is 2.61. The van der Waals surface area contributed by atoms with Crippen molar-refractivity contribution >= 4 is 5.78 Å². The molecule has 1 saturated carbocycles. The van der Waals surface area contributed by atoms with E-state index in [9.17, 15) is 4.79 Å². The molecule has 0 aliphatic heterocycles. The molecule has 1 fully saturated rings. The lowest BCUT2D eigenvalue weighted by molar-refractivity contribution is -0.121. The first-order valence-electron chi connectivity index (χ1n) is 4.49. The number of carbonyl (C=O) groups excluding carboxylic acids is 1. The van der Waals surface area contributed by atoms with E-state index in [2.05, 4.69) is 13.8 Å². The molecule has 1 radical (unpaired) electrons. The van der Waals surface area contributed by atoms with Gasteiger partial charge in [-0.1, -0.05) is 13.8 Å². The summed E-state index contributed by atoms with van der Waals surface area (Å²) in [6.07, 6.45) is 5.21. The molecule has 1 heteroatoms. The molecule has 0 amide bonds. The van der Waals surface area contributed by atoms with Crippen LogP contribution in [0, 0.1) is 11.8 Å². The molecule has 0 aromatic carbocycles. The van der Waals surface area contributed by atoms with Crippen molar-refractivity contribution in [2.24, 2.45) is 5.92 Å². The fourth-order valence-corrected chi connectivity index (χ4v) is 1.87. The van der Waals surface area contributed by atoms with Crippen LogP contribution in [0.1, 0.15) is 46.0 Å². The predicted octanol–water partition coefficient (Wildman–Crippen LogP) is 2.75. The Kier molecular flexibility index (Phi) is 3.10. The second kappa shape index (κ2) is 3.89. The Morgan fingerprint density at radius 2 is 2.27 bits per heavy atom. The number of hydrogen-bond donors (Lipinski definition) is 0. The van der Waals surface area contributed by atoms with Gasteiger partial charge in [0.25, 0.3) is 0 Å². The molecule has 0 bridgehead atoms. The molecule has 0 saturated heterocycles. The summed E-state index contributed by atoms with van der Waals surface area (Å²) in [5.41, 5.74) is 0. The van der Waals surface area contributed by atoms with Gasteiger partial charge < -0.3 is 0 Å². The van der Waals surface area contributed by atoms with Gasteiger partial charge in [0.15, 0.2) is 0 Å². The van der Waals surface area contributed by atoms with Gasteiger partial charge >= 0.3 is 0 Å². The molecular formula is C10H17O. The van der Waals surface area contributed by atoms with E-state index >= 15 is 0 Å². The monoisotopic (exact) mass is 153 g/mol. The molecule has 1 aliphatic carbocycles. The number of ketones is 1. The van der Waals surface area contributed by atoms with Crippen LogP contribution >= 0.6 is 0 Å². The standard InChI is InChI=1S/C10H17O/c1-8(2)6-9-4-3-5-10(11)7-9/h9H,3-7H2,1-2H3. The van der Waals surface area contributed by atoms with E-state index in [1.807, 2.05) is 0 Å². The van der Waals surface area contributed by atoms with Crippen molar-refractivity contribution < 1.29 is 4.79 Å². The second-order valence-electron chi connectivity index (χ2n) is 3.91. The van der Waals surface area contributed by atoms with Crippen molar-refractivity contribution in [1.82, 2.24) is 0 Å². The number of Topliss-reactive ketones (excluding diaryl/α,β-unsaturated/α-hetero) is 1. The van der Waals surface area contributed by atoms with Crippen molar-refractivity contribution in [3.8, 4) is 0 Å². The van der Waals surface area contributed by atoms with Gasteiger partial charge in [0.05, 0.1) is 0 Å². The van der Waals surface area contributed by atoms with Crippen LogP contribution in [0.15, 0.2) is 0 Å². The Balaban J connectivity index is 2.28. The molecule has 1 aliphatic rings. The highest BCUT2D eigenvalue weighted by Crippen LogP contribution is 2.27. The largest absolute Gasteiger partial charge is 0.300 e. The quantitative estimate of drug-likeness (QED) is 0.596. The highest BCUT2D eigenvalue weighted by molar-refractivity contribution is 5.79. The minimum absolute atomic E-state index is 0.475. The van der Waals surface area contributed by atoms with Gasteiger partial charge in [0.1, 0.15) is 5.78 Å². The Morgan fingerprint density at radius 3 is 2.82 bits per heavy atom. The van der Waals surface area contributed by atoms with Crippen molar-refractivity contribution in [3.05, 3.63) is 5.92 Å². The molecule has 0 aromatic rings. The van der Waals surface area contributed by atoms with Crippen LogP contribution in [0.2, 0.25) is 0 Å². The van der Waals surface area contributed by atoms with Gasteiger partial charge in [-0.25, -0.2) is 0 Å². The third-order valence-electron chi connectivity index (χ3n) is 2.28. The van der Waals surface area contributed by atoms with Gasteiger partial charge in [-0.05, 0) is 31.1 Å². The topological polar surface area (TPSA) is 17.1 Å². The van der Waals surface area contributed by atoms with Crippen LogP contribution in [0.5, 0.6) is 0 Å². The van der Waals surface area contributed by atoms with Crippen molar-refractivity contribution in [1.29, 1.82) is 0 Å². The zero-order chi connectivity index (χ0) is 8.27. The predicted molar refractivity (Wildman–Crippen MR) is 46.2 cm³/mol. The van der Waals surface area contributed by atoms with Gasteiger partial charge in [-0.2, -0.15) is 0 Å². The average molecular weight is 153 g/mol. The number of rotatable bonds is 2. The van der Waals surface area contributed by atoms with Crippen LogP contribution in [-0.2, 0) is 4.79 Å². The van der Waals surface area contributed by atoms with Crippen LogP contribution in [0.3, 0.4) is 0 Å². The maximum absolute atomic E-state index is 11.0. The fraction of sp³-hybridized carbons (Fsp3) is 0.800. The first kappa shape index (κ1) is 8.76. The molecule has 1 rings (SSSR count). The Hall–Kier alpha value is -0.330. The number of hydrogen-bond acceptors (Lipinski definition) is 1. The third-order valence-corrected chi connectivity index (χ3v) is 2.28. The summed E-state index contributed by atoms with van der Waals surface area (Å²) in [6.45, 7) is 4.30. The highest BCUT2D eigenvalue weighted by atomic mass is 16.1. The molecule has 1 unspecified atom stereocenters. The Morgan fingerprint density at radius 1 is 1.55 bits per heavy atom. The van der Waals surface area contributed by atoms with E-state index in [-0.39, 0.29) is 0 Å². The molecule has 0 aromatic heterocycles. The molecule has 0 spiro atoms. The summed E-state index contributed by atoms with van der Waals surface area (Å²) >= 11 is 0. The van der Waals surface area contributed by atoms with Crippen molar-refractivity contribution in [2.45, 2.75) is 46.0 Å². The highest BCUT2D eigenvalue weighted by Gasteiger charge is 2.19. The van der Waals surface area contributed by atoms with Gasteiger partial charge in [-0.3, -0.25) is 4.79 Å². The number of carbonyl (C=O) groups is 1. The average Bonchev–Trinajstić information content (AvgIpc) is 1.85. The van der Waals surface area contributed by atoms with Gasteiger partial charge in [0, 0.05) is 12.8 Å². The van der Waals surface area contributed by atoms with Gasteiger partial charge in [0.2, 0.25) is 0 Å². The second-order valence-corrected chi connectivity index (χ2v) is 3.91. The maximum Gasteiger partial charge on any atom is 0.133 e. The third kappa shape index (κ3) is 3.04. The normalized spacial score (nSPS) is 26.1. The maximum atomic E-state index is 11.0. The summed E-state index contributed by atoms with van der Waals surface area (Å²) in [5, 5.41) is 0. The molecule has 0 N–H and O–H groups in total. The lowest BCUT2D eigenvalue weighted by Crippen LogP contribution is -2.15. The Labute approximate surface area is 69.2 Å². The van der Waals surface area contributed by atoms with E-state index in [0.717, 1.165) is 25.7 Å². The molecule has 63 valence electrons. The minimum atomic E-state index is 0.475. The van der Waals surface area contributed by atoms with Crippen LogP contribution in [-0.4, -0.2) is 5.78 Å². The lowest BCUT2D eigenvalue weighted by Gasteiger charge is -2.21. The van der Waals surface area contributed by atoms with Crippen molar-refractivity contribution in [2.75, 3.05) is 0 Å². The van der Waals surface area contributed by atoms with E-state index in [4.69, 9.17) is 0 Å². The van der Waals surface area contributed by atoms with E-state index < -0.39 is 0 Å². The van der Waals surface area contributed by atoms with E-state index in [1.54, 1.807) is 0 Å². The smallest absolute Gasteiger partial charge is 0.133 e. The zero-order valence-corrected chi connectivity index (χ0v) is 7.52. The van der Waals surface area contributed by atoms with Crippen LogP contribution in [0.4, 0.5) is 0 Å². The molecule has 1 nitrogen and oxygen atoms in total.